The lowest BCUT2D eigenvalue weighted by molar-refractivity contribution is 0.368. The lowest BCUT2D eigenvalue weighted by atomic mass is 10.4. The first-order valence-electron chi connectivity index (χ1n) is 6.25. The largest absolute Gasteiger partial charge is 0.468 e. The SMILES string of the molecule is N#CCCN(Cc1ccco1)S(=O)(=O)c1cc(Cl)cnc1N. The number of pyridine rings is 1. The molecule has 2 rings (SSSR count). The third-order valence-corrected chi connectivity index (χ3v) is 4.93. The molecule has 7 nitrogen and oxygen atoms in total. The summed E-state index contributed by atoms with van der Waals surface area (Å²) in [6.07, 6.45) is 2.75. The molecule has 2 N–H and O–H groups in total. The minimum atomic E-state index is -3.95. The van der Waals surface area contributed by atoms with Crippen LogP contribution in [0.1, 0.15) is 12.2 Å². The van der Waals surface area contributed by atoms with E-state index in [0.29, 0.717) is 5.76 Å². The molecule has 116 valence electrons. The van der Waals surface area contributed by atoms with Crippen LogP contribution in [0.3, 0.4) is 0 Å². The van der Waals surface area contributed by atoms with Gasteiger partial charge in [0.15, 0.2) is 0 Å². The van der Waals surface area contributed by atoms with Crippen molar-refractivity contribution in [3.8, 4) is 6.07 Å². The van der Waals surface area contributed by atoms with Crippen molar-refractivity contribution in [2.75, 3.05) is 12.3 Å². The summed E-state index contributed by atoms with van der Waals surface area (Å²) in [6.45, 7) is -0.00550. The molecular weight excluding hydrogens is 328 g/mol. The van der Waals surface area contributed by atoms with Crippen LogP contribution in [0.4, 0.5) is 5.82 Å². The summed E-state index contributed by atoms with van der Waals surface area (Å²) in [7, 11) is -3.95. The van der Waals surface area contributed by atoms with E-state index in [9.17, 15) is 8.42 Å². The van der Waals surface area contributed by atoms with E-state index in [4.69, 9.17) is 27.0 Å². The molecule has 0 aliphatic rings. The maximum Gasteiger partial charge on any atom is 0.247 e. The van der Waals surface area contributed by atoms with E-state index in [1.54, 1.807) is 12.1 Å². The zero-order valence-corrected chi connectivity index (χ0v) is 13.0. The molecule has 0 unspecified atom stereocenters. The first-order chi connectivity index (χ1) is 10.4. The van der Waals surface area contributed by atoms with E-state index in [2.05, 4.69) is 4.98 Å². The van der Waals surface area contributed by atoms with Crippen molar-refractivity contribution < 1.29 is 12.8 Å². The summed E-state index contributed by atoms with van der Waals surface area (Å²) in [4.78, 5) is 3.57. The molecule has 0 spiro atoms. The third-order valence-electron chi connectivity index (χ3n) is 2.85. The number of nitriles is 1. The zero-order chi connectivity index (χ0) is 16.2. The van der Waals surface area contributed by atoms with Gasteiger partial charge in [-0.3, -0.25) is 0 Å². The van der Waals surface area contributed by atoms with Gasteiger partial charge in [-0.05, 0) is 18.2 Å². The van der Waals surface area contributed by atoms with Gasteiger partial charge in [0.2, 0.25) is 10.0 Å². The number of rotatable bonds is 6. The molecule has 0 fully saturated rings. The molecule has 0 radical (unpaired) electrons. The second kappa shape index (κ2) is 6.79. The molecule has 0 bridgehead atoms. The van der Waals surface area contributed by atoms with E-state index < -0.39 is 10.0 Å². The smallest absolute Gasteiger partial charge is 0.247 e. The Morgan fingerprint density at radius 2 is 2.27 bits per heavy atom. The van der Waals surface area contributed by atoms with Crippen molar-refractivity contribution >= 4 is 27.4 Å². The van der Waals surface area contributed by atoms with Crippen molar-refractivity contribution in [1.29, 1.82) is 5.26 Å². The van der Waals surface area contributed by atoms with Crippen LogP contribution in [0.25, 0.3) is 0 Å². The van der Waals surface area contributed by atoms with Gasteiger partial charge in [0.05, 0.1) is 23.9 Å². The molecule has 2 aromatic heterocycles. The minimum Gasteiger partial charge on any atom is -0.468 e. The van der Waals surface area contributed by atoms with Gasteiger partial charge in [-0.25, -0.2) is 13.4 Å². The fourth-order valence-electron chi connectivity index (χ4n) is 1.81. The Bertz CT molecular complexity index is 784. The Hall–Kier alpha value is -2.08. The Morgan fingerprint density at radius 1 is 1.50 bits per heavy atom. The van der Waals surface area contributed by atoms with Gasteiger partial charge >= 0.3 is 0 Å². The molecule has 2 heterocycles. The second-order valence-electron chi connectivity index (χ2n) is 4.36. The fraction of sp³-hybridized carbons (Fsp3) is 0.231. The highest BCUT2D eigenvalue weighted by molar-refractivity contribution is 7.89. The monoisotopic (exact) mass is 340 g/mol. The number of nitrogen functional groups attached to an aromatic ring is 1. The van der Waals surface area contributed by atoms with Gasteiger partial charge in [0.1, 0.15) is 16.5 Å². The molecule has 0 amide bonds. The summed E-state index contributed by atoms with van der Waals surface area (Å²) >= 11 is 5.80. The molecule has 0 aliphatic heterocycles. The molecular formula is C13H13ClN4O3S. The van der Waals surface area contributed by atoms with Crippen molar-refractivity contribution in [2.24, 2.45) is 0 Å². The minimum absolute atomic E-state index is 0.00544. The molecule has 0 atom stereocenters. The lowest BCUT2D eigenvalue weighted by Crippen LogP contribution is -2.32. The van der Waals surface area contributed by atoms with Crippen LogP contribution in [0.15, 0.2) is 40.0 Å². The number of halogens is 1. The molecule has 9 heteroatoms. The predicted octanol–water partition coefficient (Wildman–Crippen LogP) is 2.01. The van der Waals surface area contributed by atoms with Crippen LogP contribution in [-0.4, -0.2) is 24.3 Å². The number of anilines is 1. The Labute approximate surface area is 133 Å². The summed E-state index contributed by atoms with van der Waals surface area (Å²) in [6, 6.07) is 6.45. The average molecular weight is 341 g/mol. The number of furan rings is 1. The second-order valence-corrected chi connectivity index (χ2v) is 6.71. The van der Waals surface area contributed by atoms with E-state index in [1.807, 2.05) is 6.07 Å². The van der Waals surface area contributed by atoms with E-state index in [0.717, 1.165) is 4.31 Å². The van der Waals surface area contributed by atoms with Crippen molar-refractivity contribution in [2.45, 2.75) is 17.9 Å². The Morgan fingerprint density at radius 3 is 2.91 bits per heavy atom. The van der Waals surface area contributed by atoms with Crippen molar-refractivity contribution in [1.82, 2.24) is 9.29 Å². The van der Waals surface area contributed by atoms with Gasteiger partial charge in [0.25, 0.3) is 0 Å². The van der Waals surface area contributed by atoms with Crippen LogP contribution in [-0.2, 0) is 16.6 Å². The first kappa shape index (κ1) is 16.3. The highest BCUT2D eigenvalue weighted by Crippen LogP contribution is 2.25. The van der Waals surface area contributed by atoms with Gasteiger partial charge < -0.3 is 10.2 Å². The van der Waals surface area contributed by atoms with Crippen LogP contribution < -0.4 is 5.73 Å². The predicted molar refractivity (Wildman–Crippen MR) is 80.2 cm³/mol. The topological polar surface area (TPSA) is 113 Å². The molecule has 22 heavy (non-hydrogen) atoms. The fourth-order valence-corrected chi connectivity index (χ4v) is 3.53. The van der Waals surface area contributed by atoms with Crippen LogP contribution in [0, 0.1) is 11.3 Å². The quantitative estimate of drug-likeness (QED) is 0.860. The summed E-state index contributed by atoms with van der Waals surface area (Å²) in [5.74, 6) is 0.306. The number of hydrogen-bond donors (Lipinski definition) is 1. The van der Waals surface area contributed by atoms with Gasteiger partial charge in [-0.15, -0.1) is 0 Å². The maximum absolute atomic E-state index is 12.7. The highest BCUT2D eigenvalue weighted by atomic mass is 35.5. The zero-order valence-electron chi connectivity index (χ0n) is 11.4. The van der Waals surface area contributed by atoms with Gasteiger partial charge in [-0.1, -0.05) is 11.6 Å². The summed E-state index contributed by atoms with van der Waals surface area (Å²) in [5.41, 5.74) is 5.65. The number of nitrogens with two attached hydrogens (primary N) is 1. The standard InChI is InChI=1S/C13H13ClN4O3S/c14-10-7-12(13(16)17-8-10)22(19,20)18(5-2-4-15)9-11-3-1-6-21-11/h1,3,6-8H,2,5,9H2,(H2,16,17). The van der Waals surface area contributed by atoms with Crippen molar-refractivity contribution in [3.63, 3.8) is 0 Å². The molecule has 0 saturated carbocycles. The number of aromatic nitrogens is 1. The van der Waals surface area contributed by atoms with E-state index in [1.165, 1.54) is 18.5 Å². The number of sulfonamides is 1. The normalized spacial score (nSPS) is 11.5. The molecule has 2 aromatic rings. The Balaban J connectivity index is 2.40. The average Bonchev–Trinajstić information content (AvgIpc) is 2.98. The van der Waals surface area contributed by atoms with Crippen LogP contribution in [0.5, 0.6) is 0 Å². The van der Waals surface area contributed by atoms with Gasteiger partial charge in [-0.2, -0.15) is 9.57 Å². The highest BCUT2D eigenvalue weighted by Gasteiger charge is 2.28. The summed E-state index contributed by atoms with van der Waals surface area (Å²) in [5, 5.41) is 8.88. The molecule has 0 aromatic carbocycles. The number of nitrogens with zero attached hydrogens (tertiary/aromatic N) is 3. The van der Waals surface area contributed by atoms with Crippen LogP contribution >= 0.6 is 11.6 Å². The molecule has 0 saturated heterocycles. The van der Waals surface area contributed by atoms with Crippen molar-refractivity contribution in [3.05, 3.63) is 41.4 Å². The first-order valence-corrected chi connectivity index (χ1v) is 8.07. The summed E-state index contributed by atoms with van der Waals surface area (Å²) < 4.78 is 31.7. The van der Waals surface area contributed by atoms with E-state index in [-0.39, 0.29) is 35.2 Å². The van der Waals surface area contributed by atoms with E-state index >= 15 is 0 Å². The van der Waals surface area contributed by atoms with Crippen LogP contribution in [0.2, 0.25) is 5.02 Å². The number of hydrogen-bond acceptors (Lipinski definition) is 6. The molecule has 0 aliphatic carbocycles. The maximum atomic E-state index is 12.7. The third kappa shape index (κ3) is 3.57. The van der Waals surface area contributed by atoms with Gasteiger partial charge in [0, 0.05) is 19.2 Å². The Kier molecular flexibility index (Phi) is 5.03. The lowest BCUT2D eigenvalue weighted by Gasteiger charge is -2.20.